The van der Waals surface area contributed by atoms with Gasteiger partial charge in [-0.1, -0.05) is 26.8 Å². The predicted octanol–water partition coefficient (Wildman–Crippen LogP) is 3.55. The summed E-state index contributed by atoms with van der Waals surface area (Å²) in [5.74, 6) is 1.73. The molecule has 7 nitrogen and oxygen atoms in total. The van der Waals surface area contributed by atoms with Crippen LogP contribution >= 0.6 is 0 Å². The van der Waals surface area contributed by atoms with Gasteiger partial charge >= 0.3 is 0 Å². The highest BCUT2D eigenvalue weighted by atomic mass is 19.1. The summed E-state index contributed by atoms with van der Waals surface area (Å²) in [5, 5.41) is 6.37. The van der Waals surface area contributed by atoms with Crippen molar-refractivity contribution in [2.45, 2.75) is 46.2 Å². The number of guanidine groups is 1. The SMILES string of the molecule is CCNC(=NCc1ccc(-n2ccnc2)c(F)c1)NCc1ncc(C(C)(C)C)o1. The van der Waals surface area contributed by atoms with Crippen molar-refractivity contribution in [1.29, 1.82) is 0 Å². The molecule has 0 aliphatic carbocycles. The average molecular weight is 398 g/mol. The van der Waals surface area contributed by atoms with Gasteiger partial charge in [0.2, 0.25) is 5.89 Å². The lowest BCUT2D eigenvalue weighted by Crippen LogP contribution is -2.36. The molecule has 0 amide bonds. The van der Waals surface area contributed by atoms with Crippen molar-refractivity contribution >= 4 is 5.96 Å². The maximum atomic E-state index is 14.4. The first kappa shape index (κ1) is 20.6. The van der Waals surface area contributed by atoms with E-state index in [1.165, 1.54) is 6.07 Å². The molecular weight excluding hydrogens is 371 g/mol. The number of oxazole rings is 1. The van der Waals surface area contributed by atoms with Crippen molar-refractivity contribution < 1.29 is 8.81 Å². The Hall–Kier alpha value is -3.16. The number of benzene rings is 1. The first-order valence-corrected chi connectivity index (χ1v) is 9.61. The van der Waals surface area contributed by atoms with Gasteiger partial charge in [0, 0.05) is 24.4 Å². The van der Waals surface area contributed by atoms with Crippen molar-refractivity contribution in [2.75, 3.05) is 6.54 Å². The summed E-state index contributed by atoms with van der Waals surface area (Å²) in [7, 11) is 0. The molecule has 2 aromatic heterocycles. The van der Waals surface area contributed by atoms with E-state index in [2.05, 4.69) is 46.4 Å². The van der Waals surface area contributed by atoms with E-state index < -0.39 is 0 Å². The van der Waals surface area contributed by atoms with E-state index in [-0.39, 0.29) is 11.2 Å². The Kier molecular flexibility index (Phi) is 6.31. The molecule has 29 heavy (non-hydrogen) atoms. The van der Waals surface area contributed by atoms with Crippen LogP contribution in [0.2, 0.25) is 0 Å². The van der Waals surface area contributed by atoms with Gasteiger partial charge in [0.15, 0.2) is 5.96 Å². The monoisotopic (exact) mass is 398 g/mol. The zero-order valence-corrected chi connectivity index (χ0v) is 17.2. The number of nitrogens with zero attached hydrogens (tertiary/aromatic N) is 4. The predicted molar refractivity (Wildman–Crippen MR) is 110 cm³/mol. The number of hydrogen-bond acceptors (Lipinski definition) is 4. The lowest BCUT2D eigenvalue weighted by Gasteiger charge is -2.13. The molecule has 0 radical (unpaired) electrons. The first-order valence-electron chi connectivity index (χ1n) is 9.61. The molecule has 0 saturated heterocycles. The van der Waals surface area contributed by atoms with Crippen molar-refractivity contribution in [3.05, 3.63) is 66.1 Å². The Morgan fingerprint density at radius 1 is 1.28 bits per heavy atom. The van der Waals surface area contributed by atoms with Crippen LogP contribution in [0.1, 0.15) is 44.9 Å². The van der Waals surface area contributed by atoms with Gasteiger partial charge in [0.05, 0.1) is 31.3 Å². The van der Waals surface area contributed by atoms with Gasteiger partial charge in [-0.2, -0.15) is 0 Å². The second-order valence-corrected chi connectivity index (χ2v) is 7.67. The van der Waals surface area contributed by atoms with Gasteiger partial charge in [-0.3, -0.25) is 0 Å². The molecule has 2 N–H and O–H groups in total. The highest BCUT2D eigenvalue weighted by molar-refractivity contribution is 5.79. The number of rotatable bonds is 6. The Labute approximate surface area is 170 Å². The highest BCUT2D eigenvalue weighted by Gasteiger charge is 2.19. The Bertz CT molecular complexity index is 956. The molecule has 0 bridgehead atoms. The number of nitrogens with one attached hydrogen (secondary N) is 2. The second-order valence-electron chi connectivity index (χ2n) is 7.67. The Morgan fingerprint density at radius 2 is 2.10 bits per heavy atom. The Balaban J connectivity index is 1.64. The second kappa shape index (κ2) is 8.89. The highest BCUT2D eigenvalue weighted by Crippen LogP contribution is 2.22. The number of halogens is 1. The van der Waals surface area contributed by atoms with Gasteiger partial charge in [0.1, 0.15) is 11.6 Å². The quantitative estimate of drug-likeness (QED) is 0.490. The van der Waals surface area contributed by atoms with Gasteiger partial charge in [-0.15, -0.1) is 0 Å². The molecule has 0 aliphatic rings. The summed E-state index contributed by atoms with van der Waals surface area (Å²) >= 11 is 0. The minimum Gasteiger partial charge on any atom is -0.443 e. The summed E-state index contributed by atoms with van der Waals surface area (Å²) in [6.07, 6.45) is 6.64. The lowest BCUT2D eigenvalue weighted by atomic mass is 9.94. The van der Waals surface area contributed by atoms with Crippen LogP contribution in [0, 0.1) is 5.82 Å². The van der Waals surface area contributed by atoms with Crippen molar-refractivity contribution in [3.8, 4) is 5.69 Å². The van der Waals surface area contributed by atoms with E-state index in [1.807, 2.05) is 13.0 Å². The third kappa shape index (κ3) is 5.43. The summed E-state index contributed by atoms with van der Waals surface area (Å²) in [6, 6.07) is 5.07. The first-order chi connectivity index (χ1) is 13.9. The largest absolute Gasteiger partial charge is 0.443 e. The number of aliphatic imine (C=N–C) groups is 1. The van der Waals surface area contributed by atoms with Crippen molar-refractivity contribution in [3.63, 3.8) is 0 Å². The standard InChI is InChI=1S/C21H27FN6O/c1-5-24-20(27-13-19-25-12-18(29-19)21(2,3)4)26-11-15-6-7-17(16(22)10-15)28-9-8-23-14-28/h6-10,12,14H,5,11,13H2,1-4H3,(H2,24,26,27). The summed E-state index contributed by atoms with van der Waals surface area (Å²) in [4.78, 5) is 12.8. The molecule has 3 rings (SSSR count). The van der Waals surface area contributed by atoms with Gasteiger partial charge in [-0.25, -0.2) is 19.4 Å². The molecule has 1 aromatic carbocycles. The van der Waals surface area contributed by atoms with E-state index >= 15 is 0 Å². The molecule has 0 fully saturated rings. The van der Waals surface area contributed by atoms with Gasteiger partial charge in [0.25, 0.3) is 0 Å². The third-order valence-corrected chi connectivity index (χ3v) is 4.26. The summed E-state index contributed by atoms with van der Waals surface area (Å²) in [5.41, 5.74) is 1.14. The fourth-order valence-corrected chi connectivity index (χ4v) is 2.67. The molecule has 0 unspecified atom stereocenters. The van der Waals surface area contributed by atoms with Gasteiger partial charge in [-0.05, 0) is 24.6 Å². The third-order valence-electron chi connectivity index (χ3n) is 4.26. The minimum absolute atomic E-state index is 0.0865. The smallest absolute Gasteiger partial charge is 0.213 e. The van der Waals surface area contributed by atoms with Gasteiger partial charge < -0.3 is 19.6 Å². The zero-order chi connectivity index (χ0) is 20.9. The molecule has 0 saturated carbocycles. The molecule has 0 aliphatic heterocycles. The molecule has 2 heterocycles. The Morgan fingerprint density at radius 3 is 2.72 bits per heavy atom. The molecule has 0 spiro atoms. The normalized spacial score (nSPS) is 12.2. The van der Waals surface area contributed by atoms with Crippen LogP contribution in [0.3, 0.4) is 0 Å². The molecular formula is C21H27FN6O. The fourth-order valence-electron chi connectivity index (χ4n) is 2.67. The van der Waals surface area contributed by atoms with Crippen LogP contribution in [0.25, 0.3) is 5.69 Å². The number of aromatic nitrogens is 3. The molecule has 154 valence electrons. The summed E-state index contributed by atoms with van der Waals surface area (Å²) in [6.45, 7) is 9.68. The van der Waals surface area contributed by atoms with Crippen molar-refractivity contribution in [1.82, 2.24) is 25.2 Å². The maximum absolute atomic E-state index is 14.4. The fraction of sp³-hybridized carbons (Fsp3) is 0.381. The van der Waals surface area contributed by atoms with E-state index in [1.54, 1.807) is 35.6 Å². The molecule has 0 atom stereocenters. The van der Waals surface area contributed by atoms with Crippen LogP contribution in [0.4, 0.5) is 4.39 Å². The van der Waals surface area contributed by atoms with Crippen molar-refractivity contribution in [2.24, 2.45) is 4.99 Å². The maximum Gasteiger partial charge on any atom is 0.213 e. The van der Waals surface area contributed by atoms with E-state index in [4.69, 9.17) is 4.42 Å². The average Bonchev–Trinajstić information content (AvgIpc) is 3.35. The lowest BCUT2D eigenvalue weighted by molar-refractivity contribution is 0.379. The van der Waals surface area contributed by atoms with Crippen LogP contribution < -0.4 is 10.6 Å². The van der Waals surface area contributed by atoms with Crippen LogP contribution in [-0.2, 0) is 18.5 Å². The number of hydrogen-bond donors (Lipinski definition) is 2. The zero-order valence-electron chi connectivity index (χ0n) is 17.2. The van der Waals surface area contributed by atoms with Crippen LogP contribution in [0.15, 0.2) is 52.5 Å². The number of imidazole rings is 1. The van der Waals surface area contributed by atoms with Crippen LogP contribution in [-0.4, -0.2) is 27.0 Å². The van der Waals surface area contributed by atoms with Crippen LogP contribution in [0.5, 0.6) is 0 Å². The summed E-state index contributed by atoms with van der Waals surface area (Å²) < 4.78 is 21.8. The van der Waals surface area contributed by atoms with E-state index in [0.717, 1.165) is 11.3 Å². The molecule has 8 heteroatoms. The minimum atomic E-state index is -0.317. The topological polar surface area (TPSA) is 80.3 Å². The molecule has 3 aromatic rings. The van der Waals surface area contributed by atoms with E-state index in [0.29, 0.717) is 37.2 Å². The van der Waals surface area contributed by atoms with E-state index in [9.17, 15) is 4.39 Å².